The van der Waals surface area contributed by atoms with Crippen molar-refractivity contribution in [3.05, 3.63) is 59.2 Å². The lowest BCUT2D eigenvalue weighted by Crippen LogP contribution is -2.37. The summed E-state index contributed by atoms with van der Waals surface area (Å²) in [5.74, 6) is -0.0132. The minimum absolute atomic E-state index is 0.0132. The van der Waals surface area contributed by atoms with E-state index < -0.39 is 0 Å². The molecule has 1 atom stereocenters. The average Bonchev–Trinajstić information content (AvgIpc) is 3.39. The van der Waals surface area contributed by atoms with Gasteiger partial charge in [0.1, 0.15) is 0 Å². The third kappa shape index (κ3) is 4.42. The van der Waals surface area contributed by atoms with Crippen molar-refractivity contribution in [3.8, 4) is 0 Å². The number of fused-ring (bicyclic) bond motifs is 1. The Morgan fingerprint density at radius 2 is 1.97 bits per heavy atom. The predicted octanol–water partition coefficient (Wildman–Crippen LogP) is 5.98. The van der Waals surface area contributed by atoms with Gasteiger partial charge in [0.25, 0.3) is 5.91 Å². The molecule has 0 spiro atoms. The first-order valence-electron chi connectivity index (χ1n) is 10.8. The van der Waals surface area contributed by atoms with E-state index in [-0.39, 0.29) is 17.4 Å². The number of rotatable bonds is 5. The van der Waals surface area contributed by atoms with Crippen LogP contribution in [0.5, 0.6) is 0 Å². The van der Waals surface area contributed by atoms with Gasteiger partial charge >= 0.3 is 0 Å². The van der Waals surface area contributed by atoms with Gasteiger partial charge in [0.15, 0.2) is 5.13 Å². The maximum Gasteiger partial charge on any atom is 0.260 e. The summed E-state index contributed by atoms with van der Waals surface area (Å²) in [5, 5.41) is 0.749. The Labute approximate surface area is 182 Å². The molecule has 3 aromatic rings. The maximum atomic E-state index is 13.5. The molecule has 1 unspecified atom stereocenters. The van der Waals surface area contributed by atoms with Crippen molar-refractivity contribution in [1.29, 1.82) is 0 Å². The lowest BCUT2D eigenvalue weighted by atomic mass is 9.86. The SMILES string of the molecule is CCc1ccc2nc(N(CC3CCCO3)C(=O)c3ccc(C(C)(C)C)cc3)sc2c1. The average molecular weight is 423 g/mol. The van der Waals surface area contributed by atoms with Crippen LogP contribution >= 0.6 is 11.3 Å². The highest BCUT2D eigenvalue weighted by atomic mass is 32.1. The predicted molar refractivity (Wildman–Crippen MR) is 125 cm³/mol. The van der Waals surface area contributed by atoms with Crippen molar-refractivity contribution in [1.82, 2.24) is 4.98 Å². The highest BCUT2D eigenvalue weighted by Crippen LogP contribution is 2.32. The monoisotopic (exact) mass is 422 g/mol. The van der Waals surface area contributed by atoms with Crippen LogP contribution in [0.15, 0.2) is 42.5 Å². The van der Waals surface area contributed by atoms with Crippen molar-refractivity contribution in [3.63, 3.8) is 0 Å². The minimum atomic E-state index is -0.0132. The van der Waals surface area contributed by atoms with Gasteiger partial charge in [-0.15, -0.1) is 0 Å². The van der Waals surface area contributed by atoms with Gasteiger partial charge in [-0.3, -0.25) is 9.69 Å². The van der Waals surface area contributed by atoms with Crippen LogP contribution in [0.4, 0.5) is 5.13 Å². The maximum absolute atomic E-state index is 13.5. The molecule has 1 aliphatic rings. The topological polar surface area (TPSA) is 42.4 Å². The number of aryl methyl sites for hydroxylation is 1. The fraction of sp³-hybridized carbons (Fsp3) is 0.440. The summed E-state index contributed by atoms with van der Waals surface area (Å²) in [4.78, 5) is 20.2. The summed E-state index contributed by atoms with van der Waals surface area (Å²) in [5.41, 5.74) is 4.20. The Morgan fingerprint density at radius 1 is 1.20 bits per heavy atom. The number of anilines is 1. The molecule has 2 aromatic carbocycles. The number of carbonyl (C=O) groups is 1. The Hall–Kier alpha value is -2.24. The molecule has 0 N–H and O–H groups in total. The second-order valence-electron chi connectivity index (χ2n) is 9.03. The Bertz CT molecular complexity index is 1030. The molecular formula is C25H30N2O2S. The van der Waals surface area contributed by atoms with Crippen LogP contribution in [0.2, 0.25) is 0 Å². The summed E-state index contributed by atoms with van der Waals surface area (Å²) in [6.45, 7) is 10.0. The zero-order valence-electron chi connectivity index (χ0n) is 18.3. The van der Waals surface area contributed by atoms with Gasteiger partial charge in [0.05, 0.1) is 22.9 Å². The van der Waals surface area contributed by atoms with Gasteiger partial charge < -0.3 is 4.74 Å². The molecule has 0 bridgehead atoms. The quantitative estimate of drug-likeness (QED) is 0.508. The number of benzene rings is 2. The van der Waals surface area contributed by atoms with E-state index in [9.17, 15) is 4.79 Å². The zero-order chi connectivity index (χ0) is 21.3. The summed E-state index contributed by atoms with van der Waals surface area (Å²) >= 11 is 1.59. The van der Waals surface area contributed by atoms with E-state index in [4.69, 9.17) is 9.72 Å². The fourth-order valence-electron chi connectivity index (χ4n) is 3.80. The van der Waals surface area contributed by atoms with Gasteiger partial charge in [-0.25, -0.2) is 4.98 Å². The van der Waals surface area contributed by atoms with Crippen LogP contribution in [0.25, 0.3) is 10.2 Å². The van der Waals surface area contributed by atoms with E-state index in [0.29, 0.717) is 12.1 Å². The third-order valence-electron chi connectivity index (χ3n) is 5.73. The molecule has 5 heteroatoms. The minimum Gasteiger partial charge on any atom is -0.376 e. The summed E-state index contributed by atoms with van der Waals surface area (Å²) in [6, 6.07) is 14.3. The van der Waals surface area contributed by atoms with Crippen LogP contribution in [0, 0.1) is 0 Å². The number of amides is 1. The Balaban J connectivity index is 1.68. The van der Waals surface area contributed by atoms with Crippen LogP contribution < -0.4 is 4.90 Å². The van der Waals surface area contributed by atoms with E-state index in [1.807, 2.05) is 17.0 Å². The lowest BCUT2D eigenvalue weighted by molar-refractivity contribution is 0.0917. The molecule has 0 saturated carbocycles. The molecular weight excluding hydrogens is 392 g/mol. The van der Waals surface area contributed by atoms with E-state index in [1.54, 1.807) is 11.3 Å². The standard InChI is InChI=1S/C25H30N2O2S/c1-5-17-8-13-21-22(15-17)30-24(26-21)27(16-20-7-6-14-29-20)23(28)18-9-11-19(12-10-18)25(2,3)4/h8-13,15,20H,5-7,14,16H2,1-4H3. The largest absolute Gasteiger partial charge is 0.376 e. The fourth-order valence-corrected chi connectivity index (χ4v) is 4.84. The van der Waals surface area contributed by atoms with Crippen molar-refractivity contribution in [2.75, 3.05) is 18.1 Å². The van der Waals surface area contributed by atoms with Crippen molar-refractivity contribution >= 4 is 32.6 Å². The van der Waals surface area contributed by atoms with Gasteiger partial charge in [0.2, 0.25) is 0 Å². The molecule has 30 heavy (non-hydrogen) atoms. The molecule has 4 rings (SSSR count). The molecule has 1 amide bonds. The smallest absolute Gasteiger partial charge is 0.260 e. The molecule has 158 valence electrons. The van der Waals surface area contributed by atoms with Crippen molar-refractivity contribution in [2.45, 2.75) is 58.5 Å². The van der Waals surface area contributed by atoms with Crippen LogP contribution in [0.3, 0.4) is 0 Å². The highest BCUT2D eigenvalue weighted by molar-refractivity contribution is 7.22. The number of hydrogen-bond donors (Lipinski definition) is 0. The number of thiazole rings is 1. The zero-order valence-corrected chi connectivity index (χ0v) is 19.1. The Morgan fingerprint density at radius 3 is 2.60 bits per heavy atom. The molecule has 1 aromatic heterocycles. The second kappa shape index (κ2) is 8.48. The summed E-state index contributed by atoms with van der Waals surface area (Å²) < 4.78 is 6.97. The number of aromatic nitrogens is 1. The molecule has 1 fully saturated rings. The molecule has 2 heterocycles. The van der Waals surface area contributed by atoms with Crippen molar-refractivity contribution < 1.29 is 9.53 Å². The van der Waals surface area contributed by atoms with Crippen LogP contribution in [-0.2, 0) is 16.6 Å². The molecule has 1 saturated heterocycles. The molecule has 0 aliphatic carbocycles. The lowest BCUT2D eigenvalue weighted by Gasteiger charge is -2.24. The first-order valence-corrected chi connectivity index (χ1v) is 11.6. The van der Waals surface area contributed by atoms with Crippen LogP contribution in [-0.4, -0.2) is 30.1 Å². The number of ether oxygens (including phenoxy) is 1. The molecule has 0 radical (unpaired) electrons. The van der Waals surface area contributed by atoms with Gasteiger partial charge in [-0.2, -0.15) is 0 Å². The summed E-state index contributed by atoms with van der Waals surface area (Å²) in [7, 11) is 0. The van der Waals surface area contributed by atoms with Crippen LogP contribution in [0.1, 0.15) is 62.0 Å². The Kier molecular flexibility index (Phi) is 5.94. The normalized spacial score (nSPS) is 16.9. The van der Waals surface area contributed by atoms with Crippen molar-refractivity contribution in [2.24, 2.45) is 0 Å². The summed E-state index contributed by atoms with van der Waals surface area (Å²) in [6.07, 6.45) is 3.09. The van der Waals surface area contributed by atoms with Gasteiger partial charge in [-0.1, -0.05) is 57.2 Å². The van der Waals surface area contributed by atoms with Gasteiger partial charge in [0, 0.05) is 12.2 Å². The number of hydrogen-bond acceptors (Lipinski definition) is 4. The van der Waals surface area contributed by atoms with E-state index in [2.05, 4.69) is 58.0 Å². The number of nitrogens with zero attached hydrogens (tertiary/aromatic N) is 2. The first kappa shape index (κ1) is 21.0. The van der Waals surface area contributed by atoms with E-state index in [0.717, 1.165) is 41.2 Å². The number of carbonyl (C=O) groups excluding carboxylic acids is 1. The second-order valence-corrected chi connectivity index (χ2v) is 10.0. The van der Waals surface area contributed by atoms with E-state index >= 15 is 0 Å². The first-order chi connectivity index (χ1) is 14.3. The molecule has 1 aliphatic heterocycles. The van der Waals surface area contributed by atoms with E-state index in [1.165, 1.54) is 11.1 Å². The van der Waals surface area contributed by atoms with Gasteiger partial charge in [-0.05, 0) is 60.1 Å². The third-order valence-corrected chi connectivity index (χ3v) is 6.78. The highest BCUT2D eigenvalue weighted by Gasteiger charge is 2.27. The molecule has 4 nitrogen and oxygen atoms in total.